The van der Waals surface area contributed by atoms with Gasteiger partial charge in [0, 0.05) is 43.0 Å². The molecule has 1 fully saturated rings. The van der Waals surface area contributed by atoms with Crippen LogP contribution in [0.4, 0.5) is 11.5 Å². The average molecular weight is 326 g/mol. The number of anilines is 2. The molecule has 0 spiro atoms. The summed E-state index contributed by atoms with van der Waals surface area (Å²) in [6.07, 6.45) is 3.19. The molecule has 24 heavy (non-hydrogen) atoms. The van der Waals surface area contributed by atoms with Crippen LogP contribution < -0.4 is 5.32 Å². The first kappa shape index (κ1) is 15.7. The van der Waals surface area contributed by atoms with E-state index >= 15 is 0 Å². The Kier molecular flexibility index (Phi) is 4.06. The van der Waals surface area contributed by atoms with E-state index in [2.05, 4.69) is 46.1 Å². The maximum absolute atomic E-state index is 9.96. The van der Waals surface area contributed by atoms with Gasteiger partial charge >= 0.3 is 0 Å². The molecule has 1 aromatic carbocycles. The van der Waals surface area contributed by atoms with Crippen LogP contribution in [-0.2, 0) is 19.5 Å². The highest BCUT2D eigenvalue weighted by molar-refractivity contribution is 5.61. The van der Waals surface area contributed by atoms with Gasteiger partial charge in [-0.1, -0.05) is 12.1 Å². The molecule has 1 saturated carbocycles. The van der Waals surface area contributed by atoms with Gasteiger partial charge in [0.15, 0.2) is 5.82 Å². The first-order valence-electron chi connectivity index (χ1n) is 8.94. The van der Waals surface area contributed by atoms with Crippen LogP contribution in [0.15, 0.2) is 24.3 Å². The Balaban J connectivity index is 1.65. The Hall–Kier alpha value is -1.85. The van der Waals surface area contributed by atoms with Gasteiger partial charge in [0.25, 0.3) is 0 Å². The van der Waals surface area contributed by atoms with Crippen molar-refractivity contribution in [2.45, 2.75) is 52.4 Å². The summed E-state index contributed by atoms with van der Waals surface area (Å²) in [5.41, 5.74) is 4.89. The minimum Gasteiger partial charge on any atom is -0.379 e. The number of hydrogen-bond acceptors (Lipinski definition) is 4. The van der Waals surface area contributed by atoms with Crippen molar-refractivity contribution >= 4 is 11.5 Å². The van der Waals surface area contributed by atoms with E-state index in [1.807, 2.05) is 6.92 Å². The fraction of sp³-hybridized carbons (Fsp3) is 0.526. The van der Waals surface area contributed by atoms with Crippen molar-refractivity contribution in [3.05, 3.63) is 41.1 Å². The van der Waals surface area contributed by atoms with Gasteiger partial charge in [0.2, 0.25) is 0 Å². The molecule has 2 aromatic rings. The molecule has 0 saturated heterocycles. The quantitative estimate of drug-likeness (QED) is 0.887. The second kappa shape index (κ2) is 6.22. The zero-order valence-corrected chi connectivity index (χ0v) is 14.5. The average Bonchev–Trinajstić information content (AvgIpc) is 3.31. The van der Waals surface area contributed by atoms with E-state index in [4.69, 9.17) is 5.10 Å². The van der Waals surface area contributed by atoms with Crippen molar-refractivity contribution in [1.29, 1.82) is 0 Å². The van der Waals surface area contributed by atoms with Crippen molar-refractivity contribution in [2.75, 3.05) is 11.9 Å². The van der Waals surface area contributed by atoms with E-state index in [-0.39, 0.29) is 0 Å². The zero-order valence-electron chi connectivity index (χ0n) is 14.5. The summed E-state index contributed by atoms with van der Waals surface area (Å²) in [5, 5.41) is 18.4. The Morgan fingerprint density at radius 2 is 2.21 bits per heavy atom. The molecule has 128 valence electrons. The van der Waals surface area contributed by atoms with Gasteiger partial charge in [-0.3, -0.25) is 9.58 Å². The smallest absolute Gasteiger partial charge is 0.157 e. The Morgan fingerprint density at radius 1 is 1.38 bits per heavy atom. The van der Waals surface area contributed by atoms with Crippen LogP contribution in [0.1, 0.15) is 36.6 Å². The minimum atomic E-state index is -0.420. The van der Waals surface area contributed by atoms with Gasteiger partial charge < -0.3 is 10.4 Å². The van der Waals surface area contributed by atoms with Crippen molar-refractivity contribution in [3.63, 3.8) is 0 Å². The molecule has 5 nitrogen and oxygen atoms in total. The highest BCUT2D eigenvalue weighted by Gasteiger charge is 2.29. The molecule has 0 bridgehead atoms. The van der Waals surface area contributed by atoms with Crippen LogP contribution in [0, 0.1) is 12.8 Å². The summed E-state index contributed by atoms with van der Waals surface area (Å²) < 4.78 is 2.21. The van der Waals surface area contributed by atoms with E-state index in [1.165, 1.54) is 29.7 Å². The number of aromatic nitrogens is 2. The molecule has 1 aliphatic carbocycles. The molecule has 0 radical (unpaired) electrons. The predicted molar refractivity (Wildman–Crippen MR) is 95.2 cm³/mol. The molecule has 2 N–H and O–H groups in total. The standard InChI is InChI=1S/C19H26N4O/c1-13-4-3-5-16(10-13)20-19-17-12-22(14(2)24)9-8-18(17)23(21-19)11-15-6-7-15/h3-5,10,14-15,24H,6-9,11-12H2,1-2H3,(H,20,21). The lowest BCUT2D eigenvalue weighted by molar-refractivity contribution is 0.00879. The minimum absolute atomic E-state index is 0.420. The van der Waals surface area contributed by atoms with Gasteiger partial charge in [-0.2, -0.15) is 5.10 Å². The van der Waals surface area contributed by atoms with Gasteiger partial charge in [-0.25, -0.2) is 0 Å². The Labute approximate surface area is 143 Å². The van der Waals surface area contributed by atoms with Gasteiger partial charge in [-0.15, -0.1) is 0 Å². The van der Waals surface area contributed by atoms with Crippen molar-refractivity contribution < 1.29 is 5.11 Å². The summed E-state index contributed by atoms with van der Waals surface area (Å²) in [6.45, 7) is 6.62. The van der Waals surface area contributed by atoms with Crippen LogP contribution in [0.2, 0.25) is 0 Å². The first-order chi connectivity index (χ1) is 11.6. The van der Waals surface area contributed by atoms with Gasteiger partial charge in [-0.05, 0) is 50.3 Å². The van der Waals surface area contributed by atoms with Crippen LogP contribution in [0.5, 0.6) is 0 Å². The Bertz CT molecular complexity index is 733. The molecule has 2 aliphatic rings. The topological polar surface area (TPSA) is 53.3 Å². The van der Waals surface area contributed by atoms with E-state index in [0.29, 0.717) is 0 Å². The highest BCUT2D eigenvalue weighted by atomic mass is 16.3. The number of hydrogen-bond donors (Lipinski definition) is 2. The second-order valence-corrected chi connectivity index (χ2v) is 7.25. The SMILES string of the molecule is Cc1cccc(Nc2nn(CC3CC3)c3c2CN(C(C)O)CC3)c1. The third-order valence-corrected chi connectivity index (χ3v) is 5.10. The molecule has 1 aliphatic heterocycles. The summed E-state index contributed by atoms with van der Waals surface area (Å²) in [7, 11) is 0. The van der Waals surface area contributed by atoms with Gasteiger partial charge in [0.1, 0.15) is 6.23 Å². The number of aryl methyl sites for hydroxylation is 1. The highest BCUT2D eigenvalue weighted by Crippen LogP contribution is 2.34. The molecular formula is C19H26N4O. The normalized spacial score (nSPS) is 19.1. The lowest BCUT2D eigenvalue weighted by atomic mass is 10.1. The van der Waals surface area contributed by atoms with Crippen LogP contribution >= 0.6 is 0 Å². The zero-order chi connectivity index (χ0) is 16.7. The van der Waals surface area contributed by atoms with Crippen molar-refractivity contribution in [3.8, 4) is 0 Å². The summed E-state index contributed by atoms with van der Waals surface area (Å²) >= 11 is 0. The third kappa shape index (κ3) is 3.19. The predicted octanol–water partition coefficient (Wildman–Crippen LogP) is 3.04. The third-order valence-electron chi connectivity index (χ3n) is 5.10. The molecule has 2 heterocycles. The molecule has 1 aromatic heterocycles. The summed E-state index contributed by atoms with van der Waals surface area (Å²) in [5.74, 6) is 1.75. The van der Waals surface area contributed by atoms with Crippen LogP contribution in [-0.4, -0.2) is 32.6 Å². The number of benzene rings is 1. The van der Waals surface area contributed by atoms with E-state index in [0.717, 1.165) is 43.5 Å². The van der Waals surface area contributed by atoms with Crippen LogP contribution in [0.25, 0.3) is 0 Å². The first-order valence-corrected chi connectivity index (χ1v) is 8.94. The van der Waals surface area contributed by atoms with Crippen molar-refractivity contribution in [1.82, 2.24) is 14.7 Å². The lowest BCUT2D eigenvalue weighted by Gasteiger charge is -2.29. The van der Waals surface area contributed by atoms with E-state index < -0.39 is 6.23 Å². The van der Waals surface area contributed by atoms with Gasteiger partial charge in [0.05, 0.1) is 0 Å². The molecule has 0 amide bonds. The largest absolute Gasteiger partial charge is 0.379 e. The number of nitrogens with one attached hydrogen (secondary N) is 1. The number of aliphatic hydroxyl groups is 1. The number of fused-ring (bicyclic) bond motifs is 1. The number of rotatable bonds is 5. The number of nitrogens with zero attached hydrogens (tertiary/aromatic N) is 3. The second-order valence-electron chi connectivity index (χ2n) is 7.25. The molecule has 1 unspecified atom stereocenters. The fourth-order valence-corrected chi connectivity index (χ4v) is 3.49. The van der Waals surface area contributed by atoms with E-state index in [9.17, 15) is 5.11 Å². The maximum Gasteiger partial charge on any atom is 0.157 e. The molecule has 1 atom stereocenters. The molecule has 4 rings (SSSR count). The summed E-state index contributed by atoms with van der Waals surface area (Å²) in [4.78, 5) is 2.10. The van der Waals surface area contributed by atoms with Crippen LogP contribution in [0.3, 0.4) is 0 Å². The molecule has 5 heteroatoms. The monoisotopic (exact) mass is 326 g/mol. The molecular weight excluding hydrogens is 300 g/mol. The number of aliphatic hydroxyl groups excluding tert-OH is 1. The summed E-state index contributed by atoms with van der Waals surface area (Å²) in [6, 6.07) is 8.38. The Morgan fingerprint density at radius 3 is 2.92 bits per heavy atom. The van der Waals surface area contributed by atoms with Crippen molar-refractivity contribution in [2.24, 2.45) is 5.92 Å². The lowest BCUT2D eigenvalue weighted by Crippen LogP contribution is -2.37. The van der Waals surface area contributed by atoms with E-state index in [1.54, 1.807) is 0 Å². The fourth-order valence-electron chi connectivity index (χ4n) is 3.49. The maximum atomic E-state index is 9.96.